The lowest BCUT2D eigenvalue weighted by Crippen LogP contribution is -2.18. The molecule has 1 aliphatic carbocycles. The number of benzene rings is 3. The molecular formula is C26H24N2. The summed E-state index contributed by atoms with van der Waals surface area (Å²) in [6, 6.07) is 25.1. The largest absolute Gasteiger partial charge is 0.299 e. The Labute approximate surface area is 166 Å². The lowest BCUT2D eigenvalue weighted by Gasteiger charge is -2.20. The van der Waals surface area contributed by atoms with Gasteiger partial charge in [0.05, 0.1) is 11.4 Å². The first kappa shape index (κ1) is 18.1. The molecule has 138 valence electrons. The van der Waals surface area contributed by atoms with Crippen LogP contribution in [0.1, 0.15) is 43.0 Å². The van der Waals surface area contributed by atoms with E-state index in [-0.39, 0.29) is 16.8 Å². The first-order chi connectivity index (χ1) is 13.3. The van der Waals surface area contributed by atoms with Crippen LogP contribution in [-0.4, -0.2) is 11.4 Å². The molecule has 0 saturated heterocycles. The minimum Gasteiger partial charge on any atom is -0.299 e. The molecule has 2 nitrogen and oxygen atoms in total. The molecule has 28 heavy (non-hydrogen) atoms. The normalized spacial score (nSPS) is 13.9. The van der Waals surface area contributed by atoms with Gasteiger partial charge in [-0.25, -0.2) is 0 Å². The molecule has 0 saturated carbocycles. The molecule has 4 rings (SSSR count). The van der Waals surface area contributed by atoms with Crippen LogP contribution in [-0.2, 0) is 5.41 Å². The van der Waals surface area contributed by atoms with Crippen molar-refractivity contribution in [2.75, 3.05) is 0 Å². The van der Waals surface area contributed by atoms with Gasteiger partial charge in [-0.2, -0.15) is 0 Å². The molecule has 0 radical (unpaired) electrons. The van der Waals surface area contributed by atoms with E-state index in [1.54, 1.807) is 0 Å². The van der Waals surface area contributed by atoms with Crippen LogP contribution in [0.3, 0.4) is 0 Å². The Kier molecular flexibility index (Phi) is 4.35. The van der Waals surface area contributed by atoms with E-state index in [0.717, 1.165) is 27.8 Å². The summed E-state index contributed by atoms with van der Waals surface area (Å²) < 4.78 is 0. The smallest absolute Gasteiger partial charge is 0.0867 e. The van der Waals surface area contributed by atoms with Crippen molar-refractivity contribution in [3.8, 4) is 11.1 Å². The van der Waals surface area contributed by atoms with Gasteiger partial charge < -0.3 is 0 Å². The van der Waals surface area contributed by atoms with E-state index < -0.39 is 0 Å². The first-order valence-electron chi connectivity index (χ1n) is 9.55. The molecule has 0 bridgehead atoms. The molecule has 0 unspecified atom stereocenters. The van der Waals surface area contributed by atoms with Crippen molar-refractivity contribution < 1.29 is 0 Å². The number of rotatable bonds is 2. The molecule has 0 aromatic heterocycles. The standard InChI is InChI=1S/C26H24N2/c1-26(2,3)20-13-11-17(12-14-20)18-7-6-8-19(15-18)23-16-24(27)25(28)22-10-5-4-9-21(22)23/h4-16,27-28H,1-3H3. The highest BCUT2D eigenvalue weighted by molar-refractivity contribution is 6.53. The van der Waals surface area contributed by atoms with Crippen LogP contribution in [0.5, 0.6) is 0 Å². The van der Waals surface area contributed by atoms with Crippen molar-refractivity contribution in [2.45, 2.75) is 26.2 Å². The Morgan fingerprint density at radius 3 is 1.96 bits per heavy atom. The van der Waals surface area contributed by atoms with Gasteiger partial charge >= 0.3 is 0 Å². The van der Waals surface area contributed by atoms with Gasteiger partial charge in [-0.3, -0.25) is 10.8 Å². The van der Waals surface area contributed by atoms with Gasteiger partial charge in [-0.05, 0) is 50.9 Å². The Hall–Kier alpha value is -3.26. The fourth-order valence-corrected chi connectivity index (χ4v) is 3.64. The molecule has 1 aliphatic rings. The molecule has 0 amide bonds. The summed E-state index contributed by atoms with van der Waals surface area (Å²) in [4.78, 5) is 0. The minimum atomic E-state index is 0.141. The average molecular weight is 364 g/mol. The monoisotopic (exact) mass is 364 g/mol. The van der Waals surface area contributed by atoms with E-state index in [0.29, 0.717) is 0 Å². The van der Waals surface area contributed by atoms with Gasteiger partial charge in [0.15, 0.2) is 0 Å². The zero-order chi connectivity index (χ0) is 19.9. The zero-order valence-corrected chi connectivity index (χ0v) is 16.5. The van der Waals surface area contributed by atoms with E-state index in [1.807, 2.05) is 30.3 Å². The lowest BCUT2D eigenvalue weighted by molar-refractivity contribution is 0.590. The predicted octanol–water partition coefficient (Wildman–Crippen LogP) is 6.48. The number of nitrogens with one attached hydrogen (secondary N) is 2. The lowest BCUT2D eigenvalue weighted by atomic mass is 9.84. The summed E-state index contributed by atoms with van der Waals surface area (Å²) in [5.41, 5.74) is 8.26. The van der Waals surface area contributed by atoms with Gasteiger partial charge in [0.25, 0.3) is 0 Å². The van der Waals surface area contributed by atoms with Crippen molar-refractivity contribution in [2.24, 2.45) is 0 Å². The van der Waals surface area contributed by atoms with Crippen molar-refractivity contribution >= 4 is 17.0 Å². The maximum Gasteiger partial charge on any atom is 0.0867 e. The summed E-state index contributed by atoms with van der Waals surface area (Å²) in [5.74, 6) is 0. The average Bonchev–Trinajstić information content (AvgIpc) is 2.70. The molecule has 0 fully saturated rings. The van der Waals surface area contributed by atoms with E-state index in [4.69, 9.17) is 10.8 Å². The third-order valence-electron chi connectivity index (χ3n) is 5.30. The van der Waals surface area contributed by atoms with E-state index >= 15 is 0 Å². The van der Waals surface area contributed by atoms with E-state index in [1.165, 1.54) is 11.1 Å². The highest BCUT2D eigenvalue weighted by Gasteiger charge is 2.21. The number of allylic oxidation sites excluding steroid dienone is 1. The van der Waals surface area contributed by atoms with Crippen molar-refractivity contribution in [3.63, 3.8) is 0 Å². The number of hydrogen-bond donors (Lipinski definition) is 2. The molecule has 0 heterocycles. The maximum atomic E-state index is 8.21. The third kappa shape index (κ3) is 3.22. The topological polar surface area (TPSA) is 47.7 Å². The van der Waals surface area contributed by atoms with Gasteiger partial charge in [0.2, 0.25) is 0 Å². The van der Waals surface area contributed by atoms with Crippen LogP contribution in [0.4, 0.5) is 0 Å². The number of hydrogen-bond acceptors (Lipinski definition) is 2. The third-order valence-corrected chi connectivity index (χ3v) is 5.30. The summed E-state index contributed by atoms with van der Waals surface area (Å²) in [6.45, 7) is 6.67. The summed E-state index contributed by atoms with van der Waals surface area (Å²) in [6.07, 6.45) is 1.81. The van der Waals surface area contributed by atoms with Gasteiger partial charge in [-0.15, -0.1) is 0 Å². The molecule has 2 N–H and O–H groups in total. The molecule has 0 spiro atoms. The summed E-state index contributed by atoms with van der Waals surface area (Å²) in [7, 11) is 0. The zero-order valence-electron chi connectivity index (χ0n) is 16.5. The quantitative estimate of drug-likeness (QED) is 0.522. The Morgan fingerprint density at radius 1 is 0.643 bits per heavy atom. The summed E-state index contributed by atoms with van der Waals surface area (Å²) >= 11 is 0. The van der Waals surface area contributed by atoms with E-state index in [2.05, 4.69) is 69.3 Å². The molecule has 3 aromatic rings. The fourth-order valence-electron chi connectivity index (χ4n) is 3.64. The van der Waals surface area contributed by atoms with Crippen LogP contribution in [0.2, 0.25) is 0 Å². The second-order valence-corrected chi connectivity index (χ2v) is 8.30. The second kappa shape index (κ2) is 6.72. The SMILES string of the molecule is CC(C)(C)c1ccc(-c2cccc(C3=CC(=N)C(=N)c4ccccc43)c2)cc1. The number of fused-ring (bicyclic) bond motifs is 1. The Bertz CT molecular complexity index is 1110. The van der Waals surface area contributed by atoms with Crippen molar-refractivity contribution in [1.29, 1.82) is 10.8 Å². The Morgan fingerprint density at radius 2 is 1.29 bits per heavy atom. The predicted molar refractivity (Wildman–Crippen MR) is 119 cm³/mol. The second-order valence-electron chi connectivity index (χ2n) is 8.30. The maximum absolute atomic E-state index is 8.21. The van der Waals surface area contributed by atoms with Crippen LogP contribution < -0.4 is 0 Å². The highest BCUT2D eigenvalue weighted by atomic mass is 14.5. The fraction of sp³-hybridized carbons (Fsp3) is 0.154. The Balaban J connectivity index is 1.77. The minimum absolute atomic E-state index is 0.141. The van der Waals surface area contributed by atoms with Gasteiger partial charge in [-0.1, -0.05) is 87.5 Å². The first-order valence-corrected chi connectivity index (χ1v) is 9.55. The van der Waals surface area contributed by atoms with Gasteiger partial charge in [0.1, 0.15) is 0 Å². The van der Waals surface area contributed by atoms with Crippen LogP contribution in [0.15, 0.2) is 78.9 Å². The molecule has 3 aromatic carbocycles. The molecular weight excluding hydrogens is 340 g/mol. The van der Waals surface area contributed by atoms with Crippen molar-refractivity contribution in [3.05, 3.63) is 101 Å². The highest BCUT2D eigenvalue weighted by Crippen LogP contribution is 2.33. The molecule has 2 heteroatoms. The molecule has 0 atom stereocenters. The van der Waals surface area contributed by atoms with Crippen molar-refractivity contribution in [1.82, 2.24) is 0 Å². The molecule has 0 aliphatic heterocycles. The summed E-state index contributed by atoms with van der Waals surface area (Å²) in [5, 5.41) is 16.4. The van der Waals surface area contributed by atoms with E-state index in [9.17, 15) is 0 Å². The van der Waals surface area contributed by atoms with Crippen LogP contribution in [0.25, 0.3) is 16.7 Å². The van der Waals surface area contributed by atoms with Gasteiger partial charge in [0, 0.05) is 5.56 Å². The van der Waals surface area contributed by atoms with Crippen LogP contribution >= 0.6 is 0 Å². The van der Waals surface area contributed by atoms with Crippen LogP contribution in [0, 0.1) is 10.8 Å².